The van der Waals surface area contributed by atoms with Gasteiger partial charge in [0.05, 0.1) is 24.0 Å². The van der Waals surface area contributed by atoms with Gasteiger partial charge in [-0.2, -0.15) is 0 Å². The summed E-state index contributed by atoms with van der Waals surface area (Å²) in [5, 5.41) is 2.24. The van der Waals surface area contributed by atoms with Crippen molar-refractivity contribution in [2.45, 2.75) is 64.5 Å². The van der Waals surface area contributed by atoms with Gasteiger partial charge in [0.2, 0.25) is 5.91 Å². The molecule has 0 radical (unpaired) electrons. The Kier molecular flexibility index (Phi) is 10.7. The quantitative estimate of drug-likeness (QED) is 0.271. The van der Waals surface area contributed by atoms with E-state index in [0.29, 0.717) is 45.3 Å². The molecule has 2 N–H and O–H groups in total. The summed E-state index contributed by atoms with van der Waals surface area (Å²) in [5.41, 5.74) is 5.91. The summed E-state index contributed by atoms with van der Waals surface area (Å²) in [6, 6.07) is 13.7. The lowest BCUT2D eigenvalue weighted by Crippen LogP contribution is -2.54. The molecule has 7 heteroatoms. The lowest BCUT2D eigenvalue weighted by atomic mass is 9.73. The van der Waals surface area contributed by atoms with Crippen molar-refractivity contribution in [2.24, 2.45) is 17.1 Å². The van der Waals surface area contributed by atoms with Crippen LogP contribution in [0.4, 0.5) is 0 Å². The average molecular weight is 586 g/mol. The fraction of sp³-hybridized carbons (Fsp3) is 0.472. The molecule has 7 nitrogen and oxygen atoms in total. The van der Waals surface area contributed by atoms with E-state index in [4.69, 9.17) is 10.5 Å². The zero-order valence-electron chi connectivity index (χ0n) is 26.1. The number of rotatable bonds is 12. The number of likely N-dealkylation sites (N-methyl/N-ethyl adjacent to an activating group) is 1. The number of carbonyl (C=O) groups is 3. The van der Waals surface area contributed by atoms with Gasteiger partial charge in [-0.3, -0.25) is 14.4 Å². The maximum Gasteiger partial charge on any atom is 0.309 e. The Bertz CT molecular complexity index is 1380. The molecule has 0 aromatic heterocycles. The van der Waals surface area contributed by atoms with Crippen molar-refractivity contribution < 1.29 is 19.1 Å². The summed E-state index contributed by atoms with van der Waals surface area (Å²) in [6.45, 7) is 8.03. The Balaban J connectivity index is 1.60. The normalized spacial score (nSPS) is 20.4. The van der Waals surface area contributed by atoms with Crippen molar-refractivity contribution >= 4 is 28.4 Å². The van der Waals surface area contributed by atoms with E-state index in [9.17, 15) is 14.4 Å². The highest BCUT2D eigenvalue weighted by molar-refractivity contribution is 5.97. The number of Topliss-reactive ketones (excluding diaryl/α,β-unsaturated/α-hetero) is 1. The highest BCUT2D eigenvalue weighted by Gasteiger charge is 2.44. The summed E-state index contributed by atoms with van der Waals surface area (Å²) in [6.07, 6.45) is 14.3. The Morgan fingerprint density at radius 2 is 1.84 bits per heavy atom. The third-order valence-electron chi connectivity index (χ3n) is 8.61. The first-order chi connectivity index (χ1) is 20.5. The van der Waals surface area contributed by atoms with E-state index in [1.165, 1.54) is 0 Å². The van der Waals surface area contributed by atoms with Crippen LogP contribution in [0.2, 0.25) is 0 Å². The first-order valence-electron chi connectivity index (χ1n) is 15.5. The minimum Gasteiger partial charge on any atom is -0.466 e. The predicted octanol–water partition coefficient (Wildman–Crippen LogP) is 5.24. The topological polar surface area (TPSA) is 92.9 Å². The first-order valence-corrected chi connectivity index (χ1v) is 15.5. The van der Waals surface area contributed by atoms with Crippen molar-refractivity contribution in [3.63, 3.8) is 0 Å². The third kappa shape index (κ3) is 8.52. The van der Waals surface area contributed by atoms with Crippen LogP contribution in [0.3, 0.4) is 0 Å². The van der Waals surface area contributed by atoms with Crippen LogP contribution in [-0.2, 0) is 25.5 Å². The van der Waals surface area contributed by atoms with E-state index in [2.05, 4.69) is 35.2 Å². The molecular weight excluding hydrogens is 538 g/mol. The van der Waals surface area contributed by atoms with E-state index < -0.39 is 17.0 Å². The summed E-state index contributed by atoms with van der Waals surface area (Å²) < 4.78 is 5.25. The van der Waals surface area contributed by atoms with Crippen LogP contribution < -0.4 is 5.73 Å². The zero-order chi connectivity index (χ0) is 31.0. The van der Waals surface area contributed by atoms with Crippen LogP contribution in [0, 0.1) is 11.3 Å². The van der Waals surface area contributed by atoms with Crippen molar-refractivity contribution in [3.8, 4) is 0 Å². The van der Waals surface area contributed by atoms with Gasteiger partial charge in [-0.05, 0) is 82.0 Å². The lowest BCUT2D eigenvalue weighted by molar-refractivity contribution is -0.150. The minimum atomic E-state index is -0.787. The number of allylic oxidation sites excluding steroid dienone is 3. The molecule has 2 aromatic rings. The number of fused-ring (bicyclic) bond motifs is 1. The number of benzene rings is 2. The second-order valence-corrected chi connectivity index (χ2v) is 12.8. The molecule has 0 saturated carbocycles. The smallest absolute Gasteiger partial charge is 0.309 e. The Morgan fingerprint density at radius 3 is 2.49 bits per heavy atom. The monoisotopic (exact) mass is 585 g/mol. The molecular formula is C36H47N3O4. The molecule has 1 amide bonds. The maximum absolute atomic E-state index is 14.8. The standard InChI is InChI=1S/C36H47N3O4/c1-5-43-34(42)29-17-22-39(23-18-29)26-36(20-9-6-10-21-36)33(41)31(38(4)32(40)14-11-19-35(2,3)37)25-27-15-16-28-12-7-8-13-30(28)24-27/h6-16,20,24,29,31H,5,17-19,21-23,25-26,37H2,1-4H3/b14-11+/t31-,36?/m1/s1. The molecule has 0 bridgehead atoms. The van der Waals surface area contributed by atoms with Gasteiger partial charge >= 0.3 is 5.97 Å². The second-order valence-electron chi connectivity index (χ2n) is 12.8. The summed E-state index contributed by atoms with van der Waals surface area (Å²) >= 11 is 0. The van der Waals surface area contributed by atoms with E-state index in [1.807, 2.05) is 57.2 Å². The molecule has 1 aliphatic heterocycles. The summed E-state index contributed by atoms with van der Waals surface area (Å²) in [4.78, 5) is 44.4. The van der Waals surface area contributed by atoms with Crippen molar-refractivity contribution in [1.82, 2.24) is 9.80 Å². The third-order valence-corrected chi connectivity index (χ3v) is 8.61. The van der Waals surface area contributed by atoms with E-state index in [1.54, 1.807) is 24.1 Å². The number of ether oxygens (including phenoxy) is 1. The second kappa shape index (κ2) is 14.3. The SMILES string of the molecule is CCOC(=O)C1CCN(CC2(C(=O)[C@@H](Cc3ccc4ccccc4c3)N(C)C(=O)/C=C/CC(C)(C)N)C=CC=CC2)CC1. The van der Waals surface area contributed by atoms with Crippen LogP contribution in [0.25, 0.3) is 10.8 Å². The lowest BCUT2D eigenvalue weighted by Gasteiger charge is -2.41. The number of nitrogens with two attached hydrogens (primary N) is 1. The van der Waals surface area contributed by atoms with Gasteiger partial charge in [0.1, 0.15) is 0 Å². The molecule has 230 valence electrons. The molecule has 2 aliphatic rings. The molecule has 1 fully saturated rings. The highest BCUT2D eigenvalue weighted by Crippen LogP contribution is 2.35. The number of hydrogen-bond acceptors (Lipinski definition) is 6. The van der Waals surface area contributed by atoms with Crippen molar-refractivity contribution in [1.29, 1.82) is 0 Å². The Morgan fingerprint density at radius 1 is 1.12 bits per heavy atom. The molecule has 43 heavy (non-hydrogen) atoms. The number of amides is 1. The number of esters is 1. The largest absolute Gasteiger partial charge is 0.466 e. The van der Waals surface area contributed by atoms with Crippen LogP contribution in [0.1, 0.15) is 52.0 Å². The van der Waals surface area contributed by atoms with Gasteiger partial charge in [-0.15, -0.1) is 0 Å². The van der Waals surface area contributed by atoms with Gasteiger partial charge in [-0.1, -0.05) is 72.8 Å². The molecule has 1 aliphatic carbocycles. The fourth-order valence-electron chi connectivity index (χ4n) is 6.09. The number of carbonyl (C=O) groups excluding carboxylic acids is 3. The van der Waals surface area contributed by atoms with Gasteiger partial charge < -0.3 is 20.3 Å². The van der Waals surface area contributed by atoms with Gasteiger partial charge in [0.25, 0.3) is 0 Å². The van der Waals surface area contributed by atoms with Crippen LogP contribution in [0.5, 0.6) is 0 Å². The van der Waals surface area contributed by atoms with E-state index in [-0.39, 0.29) is 23.6 Å². The number of ketones is 1. The highest BCUT2D eigenvalue weighted by atomic mass is 16.5. The van der Waals surface area contributed by atoms with Crippen LogP contribution >= 0.6 is 0 Å². The fourth-order valence-corrected chi connectivity index (χ4v) is 6.09. The number of hydrogen-bond donors (Lipinski definition) is 1. The van der Waals surface area contributed by atoms with Gasteiger partial charge in [0, 0.05) is 25.6 Å². The number of nitrogens with zero attached hydrogens (tertiary/aromatic N) is 2. The van der Waals surface area contributed by atoms with E-state index in [0.717, 1.165) is 29.4 Å². The minimum absolute atomic E-state index is 0.0252. The van der Waals surface area contributed by atoms with E-state index >= 15 is 0 Å². The maximum atomic E-state index is 14.8. The molecule has 4 rings (SSSR count). The molecule has 1 unspecified atom stereocenters. The zero-order valence-corrected chi connectivity index (χ0v) is 26.1. The van der Waals surface area contributed by atoms with Crippen molar-refractivity contribution in [3.05, 3.63) is 84.5 Å². The number of likely N-dealkylation sites (tertiary alicyclic amines) is 1. The summed E-state index contributed by atoms with van der Waals surface area (Å²) in [7, 11) is 1.73. The van der Waals surface area contributed by atoms with Gasteiger partial charge in [-0.25, -0.2) is 0 Å². The molecule has 1 saturated heterocycles. The van der Waals surface area contributed by atoms with Crippen LogP contribution in [-0.4, -0.2) is 72.3 Å². The van der Waals surface area contributed by atoms with Crippen LogP contribution in [0.15, 0.2) is 78.9 Å². The number of piperidine rings is 1. The predicted molar refractivity (Wildman–Crippen MR) is 172 cm³/mol. The molecule has 0 spiro atoms. The Labute approximate surface area is 256 Å². The molecule has 1 heterocycles. The Hall–Kier alpha value is -3.55. The molecule has 2 atom stereocenters. The van der Waals surface area contributed by atoms with Gasteiger partial charge in [0.15, 0.2) is 5.78 Å². The van der Waals surface area contributed by atoms with Crippen molar-refractivity contribution in [2.75, 3.05) is 33.3 Å². The average Bonchev–Trinajstić information content (AvgIpc) is 2.99. The summed E-state index contributed by atoms with van der Waals surface area (Å²) in [5.74, 6) is -0.421. The first kappa shape index (κ1) is 32.4. The molecule has 2 aromatic carbocycles.